The van der Waals surface area contributed by atoms with Crippen LogP contribution in [-0.4, -0.2) is 20.4 Å². The molecule has 0 aliphatic rings. The summed E-state index contributed by atoms with van der Waals surface area (Å²) in [5.41, 5.74) is 1.81. The molecule has 0 bridgehead atoms. The third-order valence-electron chi connectivity index (χ3n) is 3.07. The molecular weight excluding hydrogens is 257 g/mol. The normalized spacial score (nSPS) is 10.2. The van der Waals surface area contributed by atoms with Gasteiger partial charge in [0.15, 0.2) is 0 Å². The number of benzene rings is 2. The van der Waals surface area contributed by atoms with Crippen LogP contribution in [0.15, 0.2) is 42.5 Å². The molecule has 0 saturated heterocycles. The van der Waals surface area contributed by atoms with E-state index in [0.717, 1.165) is 11.3 Å². The predicted octanol–water partition coefficient (Wildman–Crippen LogP) is 3.28. The molecule has 4 heteroatoms. The van der Waals surface area contributed by atoms with E-state index in [0.29, 0.717) is 24.1 Å². The smallest absolute Gasteiger partial charge is 0.150 e. The van der Waals surface area contributed by atoms with Gasteiger partial charge in [0.25, 0.3) is 0 Å². The van der Waals surface area contributed by atoms with Gasteiger partial charge in [-0.2, -0.15) is 0 Å². The fraction of sp³-hybridized carbons (Fsp3) is 0.188. The zero-order chi connectivity index (χ0) is 14.5. The second-order valence-corrected chi connectivity index (χ2v) is 4.54. The second-order valence-electron chi connectivity index (χ2n) is 4.54. The molecule has 0 atom stereocenters. The van der Waals surface area contributed by atoms with Crippen LogP contribution >= 0.6 is 0 Å². The summed E-state index contributed by atoms with van der Waals surface area (Å²) >= 11 is 0. The molecule has 104 valence electrons. The highest BCUT2D eigenvalue weighted by Crippen LogP contribution is 2.22. The molecule has 0 aliphatic heterocycles. The molecule has 2 aromatic carbocycles. The molecule has 0 spiro atoms. The van der Waals surface area contributed by atoms with Crippen LogP contribution in [0.3, 0.4) is 0 Å². The topological polar surface area (TPSA) is 29.5 Å². The van der Waals surface area contributed by atoms with Crippen molar-refractivity contribution in [2.45, 2.75) is 6.54 Å². The van der Waals surface area contributed by atoms with Gasteiger partial charge in [-0.1, -0.05) is 12.1 Å². The molecule has 0 amide bonds. The summed E-state index contributed by atoms with van der Waals surface area (Å²) in [5, 5.41) is 0. The van der Waals surface area contributed by atoms with Crippen LogP contribution in [0, 0.1) is 5.82 Å². The van der Waals surface area contributed by atoms with E-state index in [1.807, 2.05) is 24.3 Å². The van der Waals surface area contributed by atoms with Crippen molar-refractivity contribution in [3.05, 3.63) is 59.4 Å². The van der Waals surface area contributed by atoms with E-state index < -0.39 is 5.82 Å². The van der Waals surface area contributed by atoms with E-state index in [9.17, 15) is 9.18 Å². The van der Waals surface area contributed by atoms with Crippen molar-refractivity contribution in [2.24, 2.45) is 0 Å². The third-order valence-corrected chi connectivity index (χ3v) is 3.07. The maximum Gasteiger partial charge on any atom is 0.150 e. The lowest BCUT2D eigenvalue weighted by Gasteiger charge is -2.20. The molecular formula is C16H16FNO2. The lowest BCUT2D eigenvalue weighted by molar-refractivity contribution is 0.112. The summed E-state index contributed by atoms with van der Waals surface area (Å²) in [7, 11) is 3.42. The highest BCUT2D eigenvalue weighted by molar-refractivity contribution is 5.75. The average Bonchev–Trinajstić information content (AvgIpc) is 2.47. The zero-order valence-corrected chi connectivity index (χ0v) is 11.5. The fourth-order valence-electron chi connectivity index (χ4n) is 2.04. The van der Waals surface area contributed by atoms with E-state index in [4.69, 9.17) is 4.74 Å². The Morgan fingerprint density at radius 2 is 2.05 bits per heavy atom. The Kier molecular flexibility index (Phi) is 4.35. The van der Waals surface area contributed by atoms with Crippen LogP contribution in [0.2, 0.25) is 0 Å². The quantitative estimate of drug-likeness (QED) is 0.783. The van der Waals surface area contributed by atoms with Gasteiger partial charge >= 0.3 is 0 Å². The highest BCUT2D eigenvalue weighted by atomic mass is 19.1. The maximum absolute atomic E-state index is 13.9. The van der Waals surface area contributed by atoms with Crippen LogP contribution in [0.4, 0.5) is 10.1 Å². The second kappa shape index (κ2) is 6.19. The van der Waals surface area contributed by atoms with Crippen molar-refractivity contribution in [1.82, 2.24) is 0 Å². The van der Waals surface area contributed by atoms with Gasteiger partial charge in [-0.05, 0) is 35.9 Å². The highest BCUT2D eigenvalue weighted by Gasteiger charge is 2.09. The lowest BCUT2D eigenvalue weighted by Crippen LogP contribution is -2.17. The molecule has 2 aromatic rings. The molecule has 0 aromatic heterocycles. The molecule has 0 saturated carbocycles. The lowest BCUT2D eigenvalue weighted by atomic mass is 10.1. The Bertz CT molecular complexity index is 613. The summed E-state index contributed by atoms with van der Waals surface area (Å²) in [6.07, 6.45) is 0.634. The Morgan fingerprint density at radius 1 is 1.25 bits per heavy atom. The summed E-state index contributed by atoms with van der Waals surface area (Å²) < 4.78 is 19.1. The number of carbonyl (C=O) groups excluding carboxylic acids is 1. The maximum atomic E-state index is 13.9. The first-order chi connectivity index (χ1) is 9.63. The van der Waals surface area contributed by atoms with Crippen LogP contribution in [-0.2, 0) is 6.54 Å². The Balaban J connectivity index is 2.18. The number of hydrogen-bond acceptors (Lipinski definition) is 3. The van der Waals surface area contributed by atoms with Gasteiger partial charge < -0.3 is 9.64 Å². The monoisotopic (exact) mass is 273 g/mol. The van der Waals surface area contributed by atoms with Gasteiger partial charge in [0.1, 0.15) is 17.9 Å². The molecule has 0 aliphatic carbocycles. The number of anilines is 1. The van der Waals surface area contributed by atoms with Crippen LogP contribution in [0.1, 0.15) is 15.9 Å². The zero-order valence-electron chi connectivity index (χ0n) is 11.5. The largest absolute Gasteiger partial charge is 0.497 e. The summed E-state index contributed by atoms with van der Waals surface area (Å²) in [4.78, 5) is 12.4. The van der Waals surface area contributed by atoms with E-state index in [-0.39, 0.29) is 0 Å². The number of hydrogen-bond donors (Lipinski definition) is 0. The van der Waals surface area contributed by atoms with E-state index in [1.165, 1.54) is 6.07 Å². The van der Waals surface area contributed by atoms with Crippen molar-refractivity contribution in [2.75, 3.05) is 19.1 Å². The average molecular weight is 273 g/mol. The number of rotatable bonds is 5. The van der Waals surface area contributed by atoms with Crippen molar-refractivity contribution in [3.63, 3.8) is 0 Å². The first-order valence-corrected chi connectivity index (χ1v) is 6.23. The van der Waals surface area contributed by atoms with Crippen LogP contribution in [0.25, 0.3) is 0 Å². The fourth-order valence-corrected chi connectivity index (χ4v) is 2.04. The van der Waals surface area contributed by atoms with Gasteiger partial charge in [-0.15, -0.1) is 0 Å². The summed E-state index contributed by atoms with van der Waals surface area (Å²) in [6.45, 7) is 0.550. The molecule has 0 fully saturated rings. The Hall–Kier alpha value is -2.36. The predicted molar refractivity (Wildman–Crippen MR) is 76.9 cm³/mol. The minimum absolute atomic E-state index is 0.334. The molecule has 0 unspecified atom stereocenters. The molecule has 0 N–H and O–H groups in total. The van der Waals surface area contributed by atoms with Crippen molar-refractivity contribution in [1.29, 1.82) is 0 Å². The van der Waals surface area contributed by atoms with Gasteiger partial charge in [-0.25, -0.2) is 4.39 Å². The van der Waals surface area contributed by atoms with Crippen molar-refractivity contribution < 1.29 is 13.9 Å². The first-order valence-electron chi connectivity index (χ1n) is 6.23. The van der Waals surface area contributed by atoms with Gasteiger partial charge in [-0.3, -0.25) is 4.79 Å². The SMILES string of the molecule is COc1cccc(CN(C)c2ccc(C=O)cc2F)c1. The van der Waals surface area contributed by atoms with Crippen molar-refractivity contribution >= 4 is 12.0 Å². The van der Waals surface area contributed by atoms with E-state index in [2.05, 4.69) is 0 Å². The van der Waals surface area contributed by atoms with Gasteiger partial charge in [0.05, 0.1) is 12.8 Å². The van der Waals surface area contributed by atoms with Crippen LogP contribution < -0.4 is 9.64 Å². The first kappa shape index (κ1) is 14.1. The van der Waals surface area contributed by atoms with Gasteiger partial charge in [0, 0.05) is 19.2 Å². The number of halogens is 1. The van der Waals surface area contributed by atoms with Crippen molar-refractivity contribution in [3.8, 4) is 5.75 Å². The Morgan fingerprint density at radius 3 is 2.70 bits per heavy atom. The minimum Gasteiger partial charge on any atom is -0.497 e. The number of nitrogens with zero attached hydrogens (tertiary/aromatic N) is 1. The third kappa shape index (κ3) is 3.15. The number of carbonyl (C=O) groups is 1. The standard InChI is InChI=1S/C16H16FNO2/c1-18(10-12-4-3-5-14(8-12)20-2)16-7-6-13(11-19)9-15(16)17/h3-9,11H,10H2,1-2H3. The molecule has 20 heavy (non-hydrogen) atoms. The number of ether oxygens (including phenoxy) is 1. The molecule has 2 rings (SSSR count). The van der Waals surface area contributed by atoms with E-state index in [1.54, 1.807) is 31.2 Å². The molecule has 0 radical (unpaired) electrons. The number of methoxy groups -OCH3 is 1. The number of aldehydes is 1. The molecule has 3 nitrogen and oxygen atoms in total. The minimum atomic E-state index is -0.403. The summed E-state index contributed by atoms with van der Waals surface area (Å²) in [5.74, 6) is 0.368. The Labute approximate surface area is 117 Å². The van der Waals surface area contributed by atoms with Crippen LogP contribution in [0.5, 0.6) is 5.75 Å². The van der Waals surface area contributed by atoms with Gasteiger partial charge in [0.2, 0.25) is 0 Å². The molecule has 0 heterocycles. The summed E-state index contributed by atoms with van der Waals surface area (Å²) in [6, 6.07) is 12.1. The van der Waals surface area contributed by atoms with E-state index >= 15 is 0 Å².